The van der Waals surface area contributed by atoms with Gasteiger partial charge in [-0.15, -0.1) is 0 Å². The zero-order chi connectivity index (χ0) is 11.5. The lowest BCUT2D eigenvalue weighted by molar-refractivity contribution is -0.124. The van der Waals surface area contributed by atoms with Crippen molar-refractivity contribution < 1.29 is 9.53 Å². The van der Waals surface area contributed by atoms with Crippen LogP contribution in [0.1, 0.15) is 18.4 Å². The molecule has 1 amide bonds. The number of benzene rings is 1. The van der Waals surface area contributed by atoms with Crippen LogP contribution in [-0.2, 0) is 4.79 Å². The summed E-state index contributed by atoms with van der Waals surface area (Å²) in [6, 6.07) is 7.60. The quantitative estimate of drug-likeness (QED) is 0.777. The number of amides is 1. The molecule has 1 saturated heterocycles. The number of hydrogen-bond donors (Lipinski definition) is 0. The van der Waals surface area contributed by atoms with Crippen LogP contribution in [0.25, 0.3) is 5.70 Å². The summed E-state index contributed by atoms with van der Waals surface area (Å²) in [6.45, 7) is 4.76. The van der Waals surface area contributed by atoms with Gasteiger partial charge in [0.1, 0.15) is 5.75 Å². The molecule has 0 atom stereocenters. The van der Waals surface area contributed by atoms with Crippen LogP contribution in [0.4, 0.5) is 0 Å². The van der Waals surface area contributed by atoms with Crippen molar-refractivity contribution in [2.75, 3.05) is 13.7 Å². The van der Waals surface area contributed by atoms with E-state index in [0.29, 0.717) is 6.42 Å². The first-order chi connectivity index (χ1) is 7.72. The highest BCUT2D eigenvalue weighted by molar-refractivity contribution is 5.87. The molecule has 3 heteroatoms. The molecular formula is C13H15NO2. The topological polar surface area (TPSA) is 29.5 Å². The maximum Gasteiger partial charge on any atom is 0.227 e. The number of carbonyl (C=O) groups is 1. The van der Waals surface area contributed by atoms with E-state index in [1.165, 1.54) is 0 Å². The SMILES string of the molecule is C=C(c1ccc(OC)cc1)N1CCCC1=O. The fraction of sp³-hybridized carbons (Fsp3) is 0.308. The van der Waals surface area contributed by atoms with E-state index in [-0.39, 0.29) is 5.91 Å². The maximum atomic E-state index is 11.6. The van der Waals surface area contributed by atoms with Gasteiger partial charge in [0.05, 0.1) is 7.11 Å². The summed E-state index contributed by atoms with van der Waals surface area (Å²) >= 11 is 0. The Hall–Kier alpha value is -1.77. The van der Waals surface area contributed by atoms with Gasteiger partial charge in [-0.2, -0.15) is 0 Å². The molecule has 0 unspecified atom stereocenters. The number of carbonyl (C=O) groups excluding carboxylic acids is 1. The molecule has 1 aliphatic rings. The van der Waals surface area contributed by atoms with Gasteiger partial charge >= 0.3 is 0 Å². The van der Waals surface area contributed by atoms with E-state index in [2.05, 4.69) is 6.58 Å². The average molecular weight is 217 g/mol. The predicted molar refractivity (Wildman–Crippen MR) is 63.0 cm³/mol. The molecule has 0 radical (unpaired) electrons. The molecular weight excluding hydrogens is 202 g/mol. The number of nitrogens with zero attached hydrogens (tertiary/aromatic N) is 1. The molecule has 1 aromatic rings. The summed E-state index contributed by atoms with van der Waals surface area (Å²) in [7, 11) is 1.63. The van der Waals surface area contributed by atoms with Crippen molar-refractivity contribution in [3.63, 3.8) is 0 Å². The Labute approximate surface area is 95.3 Å². The van der Waals surface area contributed by atoms with E-state index < -0.39 is 0 Å². The number of ether oxygens (including phenoxy) is 1. The van der Waals surface area contributed by atoms with Crippen LogP contribution in [0.15, 0.2) is 30.8 Å². The summed E-state index contributed by atoms with van der Waals surface area (Å²) in [5.41, 5.74) is 1.75. The molecule has 0 N–H and O–H groups in total. The Morgan fingerprint density at radius 2 is 2.06 bits per heavy atom. The third kappa shape index (κ3) is 1.94. The lowest BCUT2D eigenvalue weighted by Gasteiger charge is -2.18. The highest BCUT2D eigenvalue weighted by Crippen LogP contribution is 2.24. The molecule has 0 aromatic heterocycles. The first-order valence-corrected chi connectivity index (χ1v) is 5.36. The molecule has 1 heterocycles. The Bertz CT molecular complexity index is 408. The van der Waals surface area contributed by atoms with Gasteiger partial charge in [-0.05, 0) is 36.2 Å². The fourth-order valence-electron chi connectivity index (χ4n) is 1.87. The van der Waals surface area contributed by atoms with E-state index in [9.17, 15) is 4.79 Å². The van der Waals surface area contributed by atoms with E-state index in [4.69, 9.17) is 4.74 Å². The Morgan fingerprint density at radius 1 is 1.38 bits per heavy atom. The lowest BCUT2D eigenvalue weighted by atomic mass is 10.1. The van der Waals surface area contributed by atoms with Crippen LogP contribution in [0.2, 0.25) is 0 Å². The molecule has 0 aliphatic carbocycles. The second kappa shape index (κ2) is 4.39. The van der Waals surface area contributed by atoms with Gasteiger partial charge in [0.25, 0.3) is 0 Å². The molecule has 0 bridgehead atoms. The first kappa shape index (κ1) is 10.7. The number of methoxy groups -OCH3 is 1. The molecule has 3 nitrogen and oxygen atoms in total. The lowest BCUT2D eigenvalue weighted by Crippen LogP contribution is -2.22. The van der Waals surface area contributed by atoms with Crippen molar-refractivity contribution in [2.45, 2.75) is 12.8 Å². The number of rotatable bonds is 3. The van der Waals surface area contributed by atoms with E-state index in [1.807, 2.05) is 24.3 Å². The second-order valence-corrected chi connectivity index (χ2v) is 3.82. The third-order valence-corrected chi connectivity index (χ3v) is 2.82. The van der Waals surface area contributed by atoms with Crippen molar-refractivity contribution in [3.05, 3.63) is 36.4 Å². The number of hydrogen-bond acceptors (Lipinski definition) is 2. The summed E-state index contributed by atoms with van der Waals surface area (Å²) in [5.74, 6) is 0.977. The van der Waals surface area contributed by atoms with Gasteiger partial charge in [-0.1, -0.05) is 6.58 Å². The maximum absolute atomic E-state index is 11.6. The Balaban J connectivity index is 2.17. The van der Waals surface area contributed by atoms with Crippen LogP contribution in [-0.4, -0.2) is 24.5 Å². The normalized spacial score (nSPS) is 15.3. The van der Waals surface area contributed by atoms with Gasteiger partial charge in [0.2, 0.25) is 5.91 Å². The van der Waals surface area contributed by atoms with E-state index in [0.717, 1.165) is 30.0 Å². The number of likely N-dealkylation sites (tertiary alicyclic amines) is 1. The highest BCUT2D eigenvalue weighted by Gasteiger charge is 2.22. The molecule has 16 heavy (non-hydrogen) atoms. The minimum absolute atomic E-state index is 0.167. The minimum Gasteiger partial charge on any atom is -0.497 e. The molecule has 1 aromatic carbocycles. The summed E-state index contributed by atoms with van der Waals surface area (Å²) in [5, 5.41) is 0. The van der Waals surface area contributed by atoms with Gasteiger partial charge in [0, 0.05) is 18.7 Å². The van der Waals surface area contributed by atoms with Gasteiger partial charge in [-0.25, -0.2) is 0 Å². The van der Waals surface area contributed by atoms with Crippen LogP contribution in [0.5, 0.6) is 5.75 Å². The van der Waals surface area contributed by atoms with Crippen LogP contribution >= 0.6 is 0 Å². The summed E-state index contributed by atoms with van der Waals surface area (Å²) < 4.78 is 5.09. The highest BCUT2D eigenvalue weighted by atomic mass is 16.5. The summed E-state index contributed by atoms with van der Waals surface area (Å²) in [4.78, 5) is 13.3. The summed E-state index contributed by atoms with van der Waals surface area (Å²) in [6.07, 6.45) is 1.56. The largest absolute Gasteiger partial charge is 0.497 e. The van der Waals surface area contributed by atoms with Crippen molar-refractivity contribution in [2.24, 2.45) is 0 Å². The smallest absolute Gasteiger partial charge is 0.227 e. The van der Waals surface area contributed by atoms with Gasteiger partial charge < -0.3 is 9.64 Å². The molecule has 1 aliphatic heterocycles. The van der Waals surface area contributed by atoms with E-state index in [1.54, 1.807) is 12.0 Å². The van der Waals surface area contributed by atoms with Crippen LogP contribution in [0, 0.1) is 0 Å². The zero-order valence-corrected chi connectivity index (χ0v) is 9.40. The van der Waals surface area contributed by atoms with E-state index >= 15 is 0 Å². The van der Waals surface area contributed by atoms with Gasteiger partial charge in [-0.3, -0.25) is 4.79 Å². The Kier molecular flexibility index (Phi) is 2.95. The standard InChI is InChI=1S/C13H15NO2/c1-10(14-9-3-4-13(14)15)11-5-7-12(16-2)8-6-11/h5-8H,1,3-4,9H2,2H3. The second-order valence-electron chi connectivity index (χ2n) is 3.82. The zero-order valence-electron chi connectivity index (χ0n) is 9.40. The molecule has 0 saturated carbocycles. The molecule has 1 fully saturated rings. The molecule has 0 spiro atoms. The van der Waals surface area contributed by atoms with Crippen LogP contribution in [0.3, 0.4) is 0 Å². The average Bonchev–Trinajstić information content (AvgIpc) is 2.75. The molecule has 84 valence electrons. The van der Waals surface area contributed by atoms with Crippen molar-refractivity contribution >= 4 is 11.6 Å². The Morgan fingerprint density at radius 3 is 2.56 bits per heavy atom. The first-order valence-electron chi connectivity index (χ1n) is 5.36. The monoisotopic (exact) mass is 217 g/mol. The van der Waals surface area contributed by atoms with Crippen LogP contribution < -0.4 is 4.74 Å². The van der Waals surface area contributed by atoms with Gasteiger partial charge in [0.15, 0.2) is 0 Å². The van der Waals surface area contributed by atoms with Crippen molar-refractivity contribution in [1.29, 1.82) is 0 Å². The van der Waals surface area contributed by atoms with Crippen molar-refractivity contribution in [3.8, 4) is 5.75 Å². The van der Waals surface area contributed by atoms with Crippen molar-refractivity contribution in [1.82, 2.24) is 4.90 Å². The fourth-order valence-corrected chi connectivity index (χ4v) is 1.87. The predicted octanol–water partition coefficient (Wildman–Crippen LogP) is 2.29. The molecule has 2 rings (SSSR count). The third-order valence-electron chi connectivity index (χ3n) is 2.82. The minimum atomic E-state index is 0.167.